The molecule has 0 spiro atoms. The minimum Gasteiger partial charge on any atom is -0.465 e. The first-order valence-electron chi connectivity index (χ1n) is 6.11. The van der Waals surface area contributed by atoms with Gasteiger partial charge < -0.3 is 10.1 Å². The number of hydrogen-bond donors (Lipinski definition) is 1. The van der Waals surface area contributed by atoms with Crippen molar-refractivity contribution in [2.45, 2.75) is 6.54 Å². The van der Waals surface area contributed by atoms with Crippen LogP contribution in [0.5, 0.6) is 0 Å². The van der Waals surface area contributed by atoms with Gasteiger partial charge in [0.05, 0.1) is 17.6 Å². The van der Waals surface area contributed by atoms with Gasteiger partial charge >= 0.3 is 5.97 Å². The first kappa shape index (κ1) is 14.4. The molecule has 0 aliphatic carbocycles. The Hall–Kier alpha value is -2.96. The van der Waals surface area contributed by atoms with E-state index in [1.54, 1.807) is 18.5 Å². The van der Waals surface area contributed by atoms with Crippen LogP contribution in [0.2, 0.25) is 0 Å². The summed E-state index contributed by atoms with van der Waals surface area (Å²) in [5.74, 6) is -0.614. The number of nitrogens with one attached hydrogen (secondary N) is 1. The molecule has 0 unspecified atom stereocenters. The Balaban J connectivity index is 2.22. The van der Waals surface area contributed by atoms with E-state index < -0.39 is 10.9 Å². The molecule has 7 nitrogen and oxygen atoms in total. The number of nitro benzene ring substituents is 1. The summed E-state index contributed by atoms with van der Waals surface area (Å²) in [5.41, 5.74) is 1.18. The third-order valence-electron chi connectivity index (χ3n) is 2.82. The lowest BCUT2D eigenvalue weighted by molar-refractivity contribution is -0.384. The van der Waals surface area contributed by atoms with Gasteiger partial charge in [-0.25, -0.2) is 4.79 Å². The lowest BCUT2D eigenvalue weighted by Gasteiger charge is -2.08. The quantitative estimate of drug-likeness (QED) is 0.515. The first-order chi connectivity index (χ1) is 10.1. The van der Waals surface area contributed by atoms with Crippen LogP contribution in [-0.2, 0) is 11.3 Å². The van der Waals surface area contributed by atoms with E-state index in [4.69, 9.17) is 0 Å². The molecule has 21 heavy (non-hydrogen) atoms. The fourth-order valence-corrected chi connectivity index (χ4v) is 1.78. The summed E-state index contributed by atoms with van der Waals surface area (Å²) in [6, 6.07) is 7.79. The minimum absolute atomic E-state index is 0.135. The molecule has 0 bridgehead atoms. The summed E-state index contributed by atoms with van der Waals surface area (Å²) < 4.78 is 4.55. The Morgan fingerprint density at radius 3 is 2.86 bits per heavy atom. The molecule has 1 aromatic carbocycles. The van der Waals surface area contributed by atoms with Crippen molar-refractivity contribution in [2.75, 3.05) is 12.4 Å². The summed E-state index contributed by atoms with van der Waals surface area (Å²) in [5, 5.41) is 14.1. The van der Waals surface area contributed by atoms with E-state index in [0.717, 1.165) is 5.56 Å². The summed E-state index contributed by atoms with van der Waals surface area (Å²) in [7, 11) is 1.22. The Labute approximate surface area is 120 Å². The largest absolute Gasteiger partial charge is 0.465 e. The molecule has 2 rings (SSSR count). The number of carbonyl (C=O) groups is 1. The molecule has 0 atom stereocenters. The van der Waals surface area contributed by atoms with Crippen molar-refractivity contribution in [2.24, 2.45) is 0 Å². The lowest BCUT2D eigenvalue weighted by Crippen LogP contribution is -2.06. The van der Waals surface area contributed by atoms with Gasteiger partial charge in [0.25, 0.3) is 5.69 Å². The van der Waals surface area contributed by atoms with Crippen LogP contribution < -0.4 is 5.32 Å². The average molecular weight is 287 g/mol. The van der Waals surface area contributed by atoms with Crippen molar-refractivity contribution in [1.29, 1.82) is 0 Å². The maximum atomic E-state index is 11.4. The van der Waals surface area contributed by atoms with Gasteiger partial charge in [-0.1, -0.05) is 6.07 Å². The van der Waals surface area contributed by atoms with E-state index in [9.17, 15) is 14.9 Å². The summed E-state index contributed by atoms with van der Waals surface area (Å²) in [6.45, 7) is 0.395. The third kappa shape index (κ3) is 3.53. The molecule has 0 saturated carbocycles. The number of anilines is 1. The second-order valence-electron chi connectivity index (χ2n) is 4.20. The molecule has 2 aromatic rings. The molecule has 0 radical (unpaired) electrons. The number of nitrogens with zero attached hydrogens (tertiary/aromatic N) is 2. The number of benzene rings is 1. The zero-order valence-electron chi connectivity index (χ0n) is 11.3. The summed E-state index contributed by atoms with van der Waals surface area (Å²) in [6.07, 6.45) is 3.32. The standard InChI is InChI=1S/C14H13N3O4/c1-21-14(18)11-4-5-12(13(7-11)17(19)20)16-9-10-3-2-6-15-8-10/h2-8,16H,9H2,1H3. The molecule has 1 aromatic heterocycles. The first-order valence-corrected chi connectivity index (χ1v) is 6.11. The number of pyridine rings is 1. The monoisotopic (exact) mass is 287 g/mol. The highest BCUT2D eigenvalue weighted by atomic mass is 16.6. The van der Waals surface area contributed by atoms with Crippen LogP contribution in [-0.4, -0.2) is 23.0 Å². The van der Waals surface area contributed by atoms with Crippen LogP contribution in [0.3, 0.4) is 0 Å². The molecule has 0 aliphatic rings. The molecular formula is C14H13N3O4. The number of ether oxygens (including phenoxy) is 1. The highest BCUT2D eigenvalue weighted by Crippen LogP contribution is 2.26. The number of methoxy groups -OCH3 is 1. The number of esters is 1. The molecule has 1 heterocycles. The van der Waals surface area contributed by atoms with Crippen molar-refractivity contribution in [3.05, 3.63) is 64.0 Å². The molecule has 7 heteroatoms. The molecule has 0 aliphatic heterocycles. The zero-order chi connectivity index (χ0) is 15.2. The van der Waals surface area contributed by atoms with Gasteiger partial charge in [-0.05, 0) is 23.8 Å². The van der Waals surface area contributed by atoms with Gasteiger partial charge in [0.1, 0.15) is 5.69 Å². The van der Waals surface area contributed by atoms with E-state index in [-0.39, 0.29) is 11.3 Å². The topological polar surface area (TPSA) is 94.4 Å². The SMILES string of the molecule is COC(=O)c1ccc(NCc2cccnc2)c([N+](=O)[O-])c1. The molecule has 0 amide bonds. The highest BCUT2D eigenvalue weighted by Gasteiger charge is 2.17. The third-order valence-corrected chi connectivity index (χ3v) is 2.82. The fourth-order valence-electron chi connectivity index (χ4n) is 1.78. The highest BCUT2D eigenvalue weighted by molar-refractivity contribution is 5.91. The van der Waals surface area contributed by atoms with Gasteiger partial charge in [-0.3, -0.25) is 15.1 Å². The zero-order valence-corrected chi connectivity index (χ0v) is 11.3. The average Bonchev–Trinajstić information content (AvgIpc) is 2.52. The van der Waals surface area contributed by atoms with Crippen LogP contribution in [0.4, 0.5) is 11.4 Å². The number of nitro groups is 1. The fraction of sp³-hybridized carbons (Fsp3) is 0.143. The molecular weight excluding hydrogens is 274 g/mol. The van der Waals surface area contributed by atoms with E-state index in [1.807, 2.05) is 6.07 Å². The van der Waals surface area contributed by atoms with Gasteiger partial charge in [0.2, 0.25) is 0 Å². The van der Waals surface area contributed by atoms with Crippen molar-refractivity contribution in [3.8, 4) is 0 Å². The van der Waals surface area contributed by atoms with E-state index in [1.165, 1.54) is 25.3 Å². The van der Waals surface area contributed by atoms with Crippen molar-refractivity contribution >= 4 is 17.3 Å². The Kier molecular flexibility index (Phi) is 4.45. The second-order valence-corrected chi connectivity index (χ2v) is 4.20. The van der Waals surface area contributed by atoms with Gasteiger partial charge in [0, 0.05) is 25.0 Å². The van der Waals surface area contributed by atoms with Gasteiger partial charge in [-0.15, -0.1) is 0 Å². The normalized spacial score (nSPS) is 9.95. The summed E-state index contributed by atoms with van der Waals surface area (Å²) in [4.78, 5) is 25.9. The number of carbonyl (C=O) groups excluding carboxylic acids is 1. The van der Waals surface area contributed by atoms with E-state index in [0.29, 0.717) is 12.2 Å². The Morgan fingerprint density at radius 2 is 2.24 bits per heavy atom. The van der Waals surface area contributed by atoms with Crippen LogP contribution in [0.15, 0.2) is 42.7 Å². The van der Waals surface area contributed by atoms with Crippen molar-refractivity contribution in [3.63, 3.8) is 0 Å². The predicted octanol–water partition coefficient (Wildman–Crippen LogP) is 2.39. The predicted molar refractivity (Wildman–Crippen MR) is 76.0 cm³/mol. The van der Waals surface area contributed by atoms with Crippen LogP contribution in [0.25, 0.3) is 0 Å². The van der Waals surface area contributed by atoms with Crippen molar-refractivity contribution in [1.82, 2.24) is 4.98 Å². The van der Waals surface area contributed by atoms with Crippen molar-refractivity contribution < 1.29 is 14.5 Å². The molecule has 0 saturated heterocycles. The smallest absolute Gasteiger partial charge is 0.338 e. The molecule has 1 N–H and O–H groups in total. The number of hydrogen-bond acceptors (Lipinski definition) is 6. The molecule has 108 valence electrons. The Bertz CT molecular complexity index is 659. The van der Waals surface area contributed by atoms with E-state index in [2.05, 4.69) is 15.0 Å². The van der Waals surface area contributed by atoms with Crippen LogP contribution in [0.1, 0.15) is 15.9 Å². The lowest BCUT2D eigenvalue weighted by atomic mass is 10.1. The van der Waals surface area contributed by atoms with E-state index >= 15 is 0 Å². The van der Waals surface area contributed by atoms with Gasteiger partial charge in [-0.2, -0.15) is 0 Å². The van der Waals surface area contributed by atoms with Crippen LogP contribution >= 0.6 is 0 Å². The molecule has 0 fully saturated rings. The maximum absolute atomic E-state index is 11.4. The second kappa shape index (κ2) is 6.47. The maximum Gasteiger partial charge on any atom is 0.338 e. The number of rotatable bonds is 5. The van der Waals surface area contributed by atoms with Gasteiger partial charge in [0.15, 0.2) is 0 Å². The Morgan fingerprint density at radius 1 is 1.43 bits per heavy atom. The minimum atomic E-state index is -0.614. The number of aromatic nitrogens is 1. The summed E-state index contributed by atoms with van der Waals surface area (Å²) >= 11 is 0. The van der Waals surface area contributed by atoms with Crippen LogP contribution in [0, 0.1) is 10.1 Å².